The summed E-state index contributed by atoms with van der Waals surface area (Å²) in [6.45, 7) is -6.49. The van der Waals surface area contributed by atoms with Gasteiger partial charge in [-0.3, -0.25) is 4.98 Å². The summed E-state index contributed by atoms with van der Waals surface area (Å²) in [5, 5.41) is 0. The highest BCUT2D eigenvalue weighted by Gasteiger charge is 1.98. The van der Waals surface area contributed by atoms with Crippen molar-refractivity contribution in [3.63, 3.8) is 0 Å². The van der Waals surface area contributed by atoms with Gasteiger partial charge in [-0.05, 0) is 21.8 Å². The maximum Gasteiger partial charge on any atom is 0.124 e. The summed E-state index contributed by atoms with van der Waals surface area (Å²) in [6, 6.07) is 0. The van der Waals surface area contributed by atoms with Crippen LogP contribution in [-0.2, 0) is 0 Å². The molecule has 1 aromatic rings. The van der Waals surface area contributed by atoms with Gasteiger partial charge in [-0.15, -0.1) is 0 Å². The molecule has 0 saturated carbocycles. The molecule has 1 aromatic heterocycles. The Balaban J connectivity index is 3.66. The van der Waals surface area contributed by atoms with Gasteiger partial charge in [0, 0.05) is 15.8 Å². The zero-order valence-electron chi connectivity index (χ0n) is 13.8. The van der Waals surface area contributed by atoms with Crippen molar-refractivity contribution in [1.82, 2.24) is 9.97 Å². The molecule has 0 amide bonds. The van der Waals surface area contributed by atoms with E-state index in [0.717, 1.165) is 0 Å². The fraction of sp³-hybridized carbons (Fsp3) is 0.429. The molecule has 0 fully saturated rings. The molecule has 54 valence electrons. The molecule has 10 heavy (non-hydrogen) atoms. The van der Waals surface area contributed by atoms with Crippen molar-refractivity contribution in [2.75, 3.05) is 0 Å². The van der Waals surface area contributed by atoms with Crippen LogP contribution in [0.3, 0.4) is 0 Å². The van der Waals surface area contributed by atoms with E-state index in [4.69, 9.17) is 12.3 Å². The average molecular weight is 210 g/mol. The van der Waals surface area contributed by atoms with Gasteiger partial charge < -0.3 is 0 Å². The molecule has 3 heteroatoms. The third-order valence-electron chi connectivity index (χ3n) is 0.757. The molecular weight excluding hydrogens is 192 g/mol. The fourth-order valence-electron chi connectivity index (χ4n) is 0.366. The van der Waals surface area contributed by atoms with Gasteiger partial charge in [-0.1, -0.05) is 13.7 Å². The van der Waals surface area contributed by atoms with E-state index in [1.807, 2.05) is 0 Å². The highest BCUT2D eigenvalue weighted by atomic mass is 79.9. The van der Waals surface area contributed by atoms with Crippen LogP contribution >= 0.6 is 15.9 Å². The zero-order valence-corrected chi connectivity index (χ0v) is 6.36. The maximum atomic E-state index is 7.83. The third-order valence-corrected chi connectivity index (χ3v) is 1.11. The number of aromatic nitrogens is 2. The summed E-state index contributed by atoms with van der Waals surface area (Å²) in [5.74, 6) is -3.11. The molecule has 0 spiro atoms. The van der Waals surface area contributed by atoms with Crippen LogP contribution in [0.1, 0.15) is 37.6 Å². The summed E-state index contributed by atoms with van der Waals surface area (Å²) < 4.78 is 66.2. The Hall–Kier alpha value is -0.440. The molecule has 1 rings (SSSR count). The monoisotopic (exact) mass is 209 g/mol. The van der Waals surface area contributed by atoms with Crippen LogP contribution in [0, 0.1) is 0 Å². The topological polar surface area (TPSA) is 25.8 Å². The van der Waals surface area contributed by atoms with E-state index in [2.05, 4.69) is 25.9 Å². The number of halogens is 1. The molecule has 2 nitrogen and oxygen atoms in total. The van der Waals surface area contributed by atoms with Gasteiger partial charge in [-0.2, -0.15) is 0 Å². The molecular formula is C7H9BrN2. The van der Waals surface area contributed by atoms with Crippen LogP contribution in [0.2, 0.25) is 0 Å². The van der Waals surface area contributed by atoms with Crippen LogP contribution in [0.15, 0.2) is 16.9 Å². The van der Waals surface area contributed by atoms with Gasteiger partial charge in [0.25, 0.3) is 0 Å². The van der Waals surface area contributed by atoms with Gasteiger partial charge in [0.05, 0.1) is 14.6 Å². The lowest BCUT2D eigenvalue weighted by Gasteiger charge is -2.00. The van der Waals surface area contributed by atoms with E-state index in [9.17, 15) is 0 Å². The second-order valence-electron chi connectivity index (χ2n) is 1.46. The van der Waals surface area contributed by atoms with Crippen molar-refractivity contribution in [2.45, 2.75) is 19.6 Å². The maximum absolute atomic E-state index is 7.83. The Kier molecular flexibility index (Phi) is 0.631. The molecule has 0 unspecified atom stereocenters. The smallest absolute Gasteiger partial charge is 0.124 e. The molecule has 0 radical (unpaired) electrons. The standard InChI is InChI=1S/C7H9BrN2/c1-5(2)6-3-10-7(8)4-9-6/h3-5H,1-2H3/i1D3,2D3,3D,4D,5D. The van der Waals surface area contributed by atoms with Gasteiger partial charge in [0.2, 0.25) is 0 Å². The van der Waals surface area contributed by atoms with Gasteiger partial charge in [0.15, 0.2) is 0 Å². The van der Waals surface area contributed by atoms with E-state index in [0.29, 0.717) is 0 Å². The summed E-state index contributed by atoms with van der Waals surface area (Å²) in [6.07, 6.45) is -1.29. The number of hydrogen-bond acceptors (Lipinski definition) is 2. The molecule has 0 aliphatic carbocycles. The van der Waals surface area contributed by atoms with Crippen molar-refractivity contribution in [3.05, 3.63) is 22.6 Å². The quantitative estimate of drug-likeness (QED) is 0.711. The van der Waals surface area contributed by atoms with Crippen molar-refractivity contribution < 1.29 is 12.3 Å². The molecule has 0 saturated heterocycles. The third kappa shape index (κ3) is 1.77. The van der Waals surface area contributed by atoms with Crippen LogP contribution < -0.4 is 0 Å². The Morgan fingerprint density at radius 3 is 3.20 bits per heavy atom. The average Bonchev–Trinajstić information content (AvgIpc) is 2.19. The highest BCUT2D eigenvalue weighted by Crippen LogP contribution is 2.10. The Bertz CT molecular complexity index is 481. The van der Waals surface area contributed by atoms with E-state index >= 15 is 0 Å². The minimum atomic E-state index is -3.25. The lowest BCUT2D eigenvalue weighted by Crippen LogP contribution is -1.92. The van der Waals surface area contributed by atoms with Crippen molar-refractivity contribution >= 4 is 15.9 Å². The molecule has 0 aromatic carbocycles. The van der Waals surface area contributed by atoms with Crippen molar-refractivity contribution in [2.24, 2.45) is 0 Å². The molecule has 0 N–H and O–H groups in total. The van der Waals surface area contributed by atoms with E-state index in [1.165, 1.54) is 0 Å². The van der Waals surface area contributed by atoms with Crippen LogP contribution in [0.4, 0.5) is 0 Å². The molecule has 0 bridgehead atoms. The summed E-state index contributed by atoms with van der Waals surface area (Å²) in [5.41, 5.74) is -0.860. The number of rotatable bonds is 1. The van der Waals surface area contributed by atoms with Crippen LogP contribution in [-0.4, -0.2) is 9.97 Å². The Morgan fingerprint density at radius 1 is 1.70 bits per heavy atom. The first-order valence-corrected chi connectivity index (χ1v) is 3.13. The molecule has 0 aliphatic rings. The molecule has 1 heterocycles. The number of nitrogens with zero attached hydrogens (tertiary/aromatic N) is 2. The predicted octanol–water partition coefficient (Wildman–Crippen LogP) is 2.36. The van der Waals surface area contributed by atoms with Gasteiger partial charge in [-0.25, -0.2) is 4.98 Å². The van der Waals surface area contributed by atoms with E-state index in [1.54, 1.807) is 0 Å². The first-order valence-electron chi connectivity index (χ1n) is 6.83. The van der Waals surface area contributed by atoms with E-state index in [-0.39, 0.29) is 4.60 Å². The van der Waals surface area contributed by atoms with Crippen molar-refractivity contribution in [3.8, 4) is 0 Å². The lowest BCUT2D eigenvalue weighted by molar-refractivity contribution is 0.809. The summed E-state index contributed by atoms with van der Waals surface area (Å²) in [4.78, 5) is 6.92. The van der Waals surface area contributed by atoms with Crippen molar-refractivity contribution in [1.29, 1.82) is 0 Å². The zero-order chi connectivity index (χ0) is 15.2. The Morgan fingerprint density at radius 2 is 2.50 bits per heavy atom. The van der Waals surface area contributed by atoms with Gasteiger partial charge in [0.1, 0.15) is 4.60 Å². The first-order chi connectivity index (χ1) is 8.32. The first kappa shape index (κ1) is 2.03. The summed E-state index contributed by atoms with van der Waals surface area (Å²) >= 11 is 2.82. The predicted molar refractivity (Wildman–Crippen MR) is 43.8 cm³/mol. The van der Waals surface area contributed by atoms with Crippen LogP contribution in [0.5, 0.6) is 0 Å². The minimum absolute atomic E-state index is 0.125. The SMILES string of the molecule is [2H]c1nc(C([2H])(C([2H])([2H])[2H])C([2H])([2H])[2H])c([2H])nc1Br. The lowest BCUT2D eigenvalue weighted by atomic mass is 10.1. The van der Waals surface area contributed by atoms with Crippen LogP contribution in [0.25, 0.3) is 0 Å². The molecule has 0 aliphatic heterocycles. The summed E-state index contributed by atoms with van der Waals surface area (Å²) in [7, 11) is 0. The minimum Gasteiger partial charge on any atom is -0.257 e. The number of hydrogen-bond donors (Lipinski definition) is 0. The van der Waals surface area contributed by atoms with E-state index < -0.39 is 37.6 Å². The van der Waals surface area contributed by atoms with Gasteiger partial charge >= 0.3 is 0 Å². The normalized spacial score (nSPS) is 27.1. The second-order valence-corrected chi connectivity index (χ2v) is 2.21. The second kappa shape index (κ2) is 3.10. The fourth-order valence-corrected chi connectivity index (χ4v) is 0.543. The molecule has 0 atom stereocenters. The largest absolute Gasteiger partial charge is 0.257 e. The Labute approximate surface area is 81.5 Å². The highest BCUT2D eigenvalue weighted by molar-refractivity contribution is 9.10.